The summed E-state index contributed by atoms with van der Waals surface area (Å²) in [7, 11) is 1.33. The summed E-state index contributed by atoms with van der Waals surface area (Å²) in [5.41, 5.74) is 2.62. The van der Waals surface area contributed by atoms with Crippen LogP contribution in [0.15, 0.2) is 40.9 Å². The predicted octanol–water partition coefficient (Wildman–Crippen LogP) is 4.43. The highest BCUT2D eigenvalue weighted by Gasteiger charge is 2.14. The van der Waals surface area contributed by atoms with Gasteiger partial charge in [0, 0.05) is 10.0 Å². The zero-order valence-electron chi connectivity index (χ0n) is 11.0. The third-order valence-electron chi connectivity index (χ3n) is 3.09. The van der Waals surface area contributed by atoms with E-state index in [4.69, 9.17) is 16.3 Å². The number of esters is 1. The number of aromatic amines is 1. The average molecular weight is 366 g/mol. The summed E-state index contributed by atoms with van der Waals surface area (Å²) in [5.74, 6) is 0.247. The first kappa shape index (κ1) is 14.1. The number of H-pyrrole nitrogens is 1. The summed E-state index contributed by atoms with van der Waals surface area (Å²) in [6.07, 6.45) is 0. The predicted molar refractivity (Wildman–Crippen MR) is 85.6 cm³/mol. The summed E-state index contributed by atoms with van der Waals surface area (Å²) in [6.45, 7) is 0. The van der Waals surface area contributed by atoms with Crippen molar-refractivity contribution in [1.29, 1.82) is 0 Å². The van der Waals surface area contributed by atoms with Crippen LogP contribution in [0.5, 0.6) is 0 Å². The van der Waals surface area contributed by atoms with E-state index >= 15 is 0 Å². The normalized spacial score (nSPS) is 10.8. The Balaban J connectivity index is 2.19. The molecular weight excluding hydrogens is 356 g/mol. The van der Waals surface area contributed by atoms with Gasteiger partial charge in [-0.3, -0.25) is 0 Å². The second kappa shape index (κ2) is 5.50. The molecule has 0 radical (unpaired) electrons. The minimum Gasteiger partial charge on any atom is -0.465 e. The van der Waals surface area contributed by atoms with Gasteiger partial charge in [0.25, 0.3) is 0 Å². The molecule has 21 heavy (non-hydrogen) atoms. The van der Waals surface area contributed by atoms with Crippen molar-refractivity contribution in [3.63, 3.8) is 0 Å². The van der Waals surface area contributed by atoms with Gasteiger partial charge in [0.1, 0.15) is 11.3 Å². The van der Waals surface area contributed by atoms with E-state index in [0.717, 1.165) is 10.0 Å². The van der Waals surface area contributed by atoms with Crippen LogP contribution < -0.4 is 0 Å². The van der Waals surface area contributed by atoms with Crippen molar-refractivity contribution in [2.75, 3.05) is 7.11 Å². The third-order valence-corrected chi connectivity index (χ3v) is 4.07. The van der Waals surface area contributed by atoms with Crippen LogP contribution in [0.4, 0.5) is 0 Å². The average Bonchev–Trinajstić information content (AvgIpc) is 2.91. The van der Waals surface area contributed by atoms with E-state index in [1.54, 1.807) is 12.1 Å². The van der Waals surface area contributed by atoms with E-state index < -0.39 is 5.97 Å². The molecule has 2 aromatic carbocycles. The van der Waals surface area contributed by atoms with E-state index in [-0.39, 0.29) is 0 Å². The molecule has 3 aromatic rings. The quantitative estimate of drug-likeness (QED) is 0.683. The van der Waals surface area contributed by atoms with Gasteiger partial charge in [-0.2, -0.15) is 0 Å². The number of benzene rings is 2. The van der Waals surface area contributed by atoms with Crippen LogP contribution in [-0.2, 0) is 4.74 Å². The lowest BCUT2D eigenvalue weighted by Crippen LogP contribution is -2.00. The van der Waals surface area contributed by atoms with Gasteiger partial charge in [0.2, 0.25) is 0 Å². The molecule has 106 valence electrons. The minimum atomic E-state index is -0.434. The Hall–Kier alpha value is -1.85. The molecule has 0 saturated carbocycles. The first-order chi connectivity index (χ1) is 10.1. The van der Waals surface area contributed by atoms with Crippen LogP contribution in [0.25, 0.3) is 22.4 Å². The van der Waals surface area contributed by atoms with Gasteiger partial charge in [-0.1, -0.05) is 45.7 Å². The molecule has 1 N–H and O–H groups in total. The molecule has 0 aliphatic heterocycles. The summed E-state index contributed by atoms with van der Waals surface area (Å²) < 4.78 is 5.64. The summed E-state index contributed by atoms with van der Waals surface area (Å²) >= 11 is 9.69. The van der Waals surface area contributed by atoms with Gasteiger partial charge in [-0.25, -0.2) is 9.78 Å². The van der Waals surface area contributed by atoms with E-state index in [1.165, 1.54) is 7.11 Å². The fourth-order valence-electron chi connectivity index (χ4n) is 2.09. The van der Waals surface area contributed by atoms with Gasteiger partial charge in [0.15, 0.2) is 0 Å². The fourth-order valence-corrected chi connectivity index (χ4v) is 2.83. The maximum atomic E-state index is 11.6. The van der Waals surface area contributed by atoms with E-state index in [9.17, 15) is 4.79 Å². The van der Waals surface area contributed by atoms with Crippen molar-refractivity contribution in [1.82, 2.24) is 9.97 Å². The third kappa shape index (κ3) is 2.54. The fraction of sp³-hybridized carbons (Fsp3) is 0.0667. The summed E-state index contributed by atoms with van der Waals surface area (Å²) in [4.78, 5) is 19.3. The van der Waals surface area contributed by atoms with Crippen LogP contribution in [0.2, 0.25) is 5.02 Å². The molecular formula is C15H10BrClN2O2. The molecule has 3 rings (SSSR count). The number of hydrogen-bond acceptors (Lipinski definition) is 3. The molecule has 4 nitrogen and oxygen atoms in total. The molecule has 0 unspecified atom stereocenters. The number of nitrogens with zero attached hydrogens (tertiary/aromatic N) is 1. The Labute approximate surface area is 134 Å². The maximum Gasteiger partial charge on any atom is 0.337 e. The van der Waals surface area contributed by atoms with Gasteiger partial charge < -0.3 is 9.72 Å². The van der Waals surface area contributed by atoms with Gasteiger partial charge in [0.05, 0.1) is 23.2 Å². The Morgan fingerprint density at radius 2 is 2.10 bits per heavy atom. The molecule has 0 fully saturated rings. The summed E-state index contributed by atoms with van der Waals surface area (Å²) in [5, 5.41) is 0.405. The molecule has 6 heteroatoms. The van der Waals surface area contributed by atoms with Crippen LogP contribution in [0.1, 0.15) is 10.4 Å². The van der Waals surface area contributed by atoms with Gasteiger partial charge >= 0.3 is 5.97 Å². The number of methoxy groups -OCH3 is 1. The highest BCUT2D eigenvalue weighted by Crippen LogP contribution is 2.30. The number of fused-ring (bicyclic) bond motifs is 1. The zero-order chi connectivity index (χ0) is 15.0. The highest BCUT2D eigenvalue weighted by atomic mass is 79.9. The van der Waals surface area contributed by atoms with Crippen molar-refractivity contribution >= 4 is 44.5 Å². The van der Waals surface area contributed by atoms with Gasteiger partial charge in [-0.05, 0) is 18.2 Å². The second-order valence-electron chi connectivity index (χ2n) is 4.41. The lowest BCUT2D eigenvalue weighted by atomic mass is 10.2. The Morgan fingerprint density at radius 3 is 2.81 bits per heavy atom. The van der Waals surface area contributed by atoms with E-state index in [2.05, 4.69) is 25.9 Å². The lowest BCUT2D eigenvalue weighted by Gasteiger charge is -2.00. The number of carbonyl (C=O) groups excluding carboxylic acids is 1. The van der Waals surface area contributed by atoms with Crippen molar-refractivity contribution in [2.45, 2.75) is 0 Å². The molecule has 0 amide bonds. The van der Waals surface area contributed by atoms with Gasteiger partial charge in [-0.15, -0.1) is 0 Å². The molecule has 0 saturated heterocycles. The molecule has 0 spiro atoms. The minimum absolute atomic E-state index is 0.386. The molecule has 1 heterocycles. The number of nitrogens with one attached hydrogen (secondary N) is 1. The number of hydrogen-bond donors (Lipinski definition) is 1. The smallest absolute Gasteiger partial charge is 0.337 e. The number of imidazole rings is 1. The SMILES string of the molecule is COC(=O)c1cc(Cl)c2nc(-c3ccccc3Br)[nH]c2c1. The maximum absolute atomic E-state index is 11.6. The Morgan fingerprint density at radius 1 is 1.33 bits per heavy atom. The summed E-state index contributed by atoms with van der Waals surface area (Å²) in [6, 6.07) is 11.0. The monoisotopic (exact) mass is 364 g/mol. The molecule has 1 aromatic heterocycles. The lowest BCUT2D eigenvalue weighted by molar-refractivity contribution is 0.0601. The van der Waals surface area contributed by atoms with Crippen LogP contribution in [0.3, 0.4) is 0 Å². The van der Waals surface area contributed by atoms with E-state index in [1.807, 2.05) is 24.3 Å². The Bertz CT molecular complexity index is 845. The number of rotatable bonds is 2. The second-order valence-corrected chi connectivity index (χ2v) is 5.67. The zero-order valence-corrected chi connectivity index (χ0v) is 13.3. The largest absolute Gasteiger partial charge is 0.465 e. The standard InChI is InChI=1S/C15H10BrClN2O2/c1-21-15(20)8-6-11(17)13-12(7-8)18-14(19-13)9-4-2-3-5-10(9)16/h2-7H,1H3,(H,18,19). The van der Waals surface area contributed by atoms with Crippen molar-refractivity contribution < 1.29 is 9.53 Å². The molecule has 0 aliphatic carbocycles. The van der Waals surface area contributed by atoms with Crippen LogP contribution in [0, 0.1) is 0 Å². The van der Waals surface area contributed by atoms with Crippen molar-refractivity contribution in [2.24, 2.45) is 0 Å². The van der Waals surface area contributed by atoms with Crippen LogP contribution in [-0.4, -0.2) is 23.0 Å². The molecule has 0 bridgehead atoms. The van der Waals surface area contributed by atoms with E-state index in [0.29, 0.717) is 27.4 Å². The number of halogens is 2. The first-order valence-electron chi connectivity index (χ1n) is 6.12. The van der Waals surface area contributed by atoms with Crippen molar-refractivity contribution in [3.05, 3.63) is 51.5 Å². The molecule has 0 aliphatic rings. The van der Waals surface area contributed by atoms with Crippen LogP contribution >= 0.6 is 27.5 Å². The number of carbonyl (C=O) groups is 1. The molecule has 0 atom stereocenters. The number of ether oxygens (including phenoxy) is 1. The van der Waals surface area contributed by atoms with Crippen molar-refractivity contribution in [3.8, 4) is 11.4 Å². The first-order valence-corrected chi connectivity index (χ1v) is 7.29. The topological polar surface area (TPSA) is 55.0 Å². The number of aromatic nitrogens is 2. The Kier molecular flexibility index (Phi) is 3.69. The highest BCUT2D eigenvalue weighted by molar-refractivity contribution is 9.10.